The summed E-state index contributed by atoms with van der Waals surface area (Å²) in [7, 11) is -14.3. The zero-order valence-corrected chi connectivity index (χ0v) is 31.7. The molecule has 0 unspecified atom stereocenters. The summed E-state index contributed by atoms with van der Waals surface area (Å²) in [6.45, 7) is 3.92. The van der Waals surface area contributed by atoms with E-state index < -0.39 is 94.9 Å². The molecule has 0 bridgehead atoms. The van der Waals surface area contributed by atoms with Crippen LogP contribution in [0.5, 0.6) is 11.5 Å². The highest BCUT2D eigenvalue weighted by molar-refractivity contribution is 7.86. The Morgan fingerprint density at radius 2 is 0.862 bits per heavy atom. The van der Waals surface area contributed by atoms with Crippen LogP contribution in [0.1, 0.15) is 0 Å². The van der Waals surface area contributed by atoms with E-state index in [-0.39, 0.29) is 5.39 Å². The molecule has 0 saturated carbocycles. The van der Waals surface area contributed by atoms with Gasteiger partial charge in [-0.1, -0.05) is 49.0 Å². The number of nitrogens with one attached hydrogen (secondary N) is 4. The second-order valence-electron chi connectivity index (χ2n) is 11.8. The maximum Gasteiger partial charge on any atom is 0.294 e. The molecule has 6 aromatic carbocycles. The smallest absolute Gasteiger partial charge is 0.294 e. The average molecular weight is 851 g/mol. The molecule has 58 heavy (non-hydrogen) atoms. The third kappa shape index (κ3) is 10.5. The van der Waals surface area contributed by atoms with Crippen LogP contribution in [0.3, 0.4) is 0 Å². The number of hydrogen-bond acceptors (Lipinski definition) is 16. The Labute approximate surface area is 328 Å². The highest BCUT2D eigenvalue weighted by atomic mass is 32.2. The molecular weight excluding hydrogens is 821 g/mol. The number of rotatable bonds is 11. The first-order chi connectivity index (χ1) is 27.2. The van der Waals surface area contributed by atoms with Crippen molar-refractivity contribution < 1.29 is 49.1 Å². The summed E-state index contributed by atoms with van der Waals surface area (Å²) >= 11 is 0. The van der Waals surface area contributed by atoms with Gasteiger partial charge in [0, 0.05) is 22.1 Å². The van der Waals surface area contributed by atoms with Crippen molar-refractivity contribution >= 4 is 63.9 Å². The van der Waals surface area contributed by atoms with E-state index in [1.165, 1.54) is 0 Å². The van der Waals surface area contributed by atoms with Crippen molar-refractivity contribution in [3.8, 4) is 11.5 Å². The summed E-state index contributed by atoms with van der Waals surface area (Å²) in [6.07, 6.45) is 0. The van der Waals surface area contributed by atoms with Crippen LogP contribution in [0.25, 0.3) is 10.8 Å². The van der Waals surface area contributed by atoms with Crippen molar-refractivity contribution in [1.82, 2.24) is 0 Å². The van der Waals surface area contributed by atoms with Crippen LogP contribution in [0, 0.1) is 0 Å². The summed E-state index contributed by atoms with van der Waals surface area (Å²) in [6, 6.07) is 27.5. The van der Waals surface area contributed by atoms with Crippen LogP contribution < -0.4 is 43.1 Å². The molecule has 6 aromatic rings. The average Bonchev–Trinajstić information content (AvgIpc) is 3.15. The minimum Gasteiger partial charge on any atom is -0.506 e. The summed E-state index contributed by atoms with van der Waals surface area (Å²) in [5.74, 6) is -0.425. The first-order valence-electron chi connectivity index (χ1n) is 16.0. The van der Waals surface area contributed by atoms with Gasteiger partial charge in [0.2, 0.25) is 0 Å². The van der Waals surface area contributed by atoms with Gasteiger partial charge in [0.15, 0.2) is 0 Å². The SMILES string of the molecule is C=C(Nc1ccccc1)Nc1ccccc1.O=c1c(=O)c(=NNc2cc(S(=O)(=O)O)ccc2O)c2cc(S(=O)(=O)O)ccc2c1=NNc1cc(S(=O)(=O)O)ccc1O. The molecule has 22 heteroatoms. The van der Waals surface area contributed by atoms with Crippen LogP contribution in [-0.2, 0) is 30.4 Å². The Morgan fingerprint density at radius 1 is 0.500 bits per heavy atom. The largest absolute Gasteiger partial charge is 0.506 e. The molecule has 9 N–H and O–H groups in total. The lowest BCUT2D eigenvalue weighted by atomic mass is 10.1. The molecular formula is C36H30N6O13S3. The first kappa shape index (κ1) is 42.2. The minimum atomic E-state index is -4.86. The molecule has 0 aromatic heterocycles. The Kier molecular flexibility index (Phi) is 12.4. The fraction of sp³-hybridized carbons (Fsp3) is 0. The molecule has 0 atom stereocenters. The van der Waals surface area contributed by atoms with E-state index in [1.54, 1.807) is 0 Å². The molecule has 0 aliphatic rings. The van der Waals surface area contributed by atoms with Gasteiger partial charge in [-0.2, -0.15) is 35.5 Å². The number of anilines is 4. The number of benzene rings is 6. The van der Waals surface area contributed by atoms with Crippen LogP contribution in [-0.4, -0.2) is 49.1 Å². The number of fused-ring (bicyclic) bond motifs is 1. The van der Waals surface area contributed by atoms with Crippen molar-refractivity contribution in [2.24, 2.45) is 10.2 Å². The predicted octanol–water partition coefficient (Wildman–Crippen LogP) is 3.12. The Bertz CT molecular complexity index is 3080. The van der Waals surface area contributed by atoms with Crippen molar-refractivity contribution in [2.45, 2.75) is 14.7 Å². The van der Waals surface area contributed by atoms with Gasteiger partial charge in [-0.25, -0.2) is 0 Å². The lowest BCUT2D eigenvalue weighted by Gasteiger charge is -2.11. The number of phenolic OH excluding ortho intramolecular Hbond substituents is 2. The molecule has 0 saturated heterocycles. The Hall–Kier alpha value is -6.95. The van der Waals surface area contributed by atoms with Gasteiger partial charge in [-0.05, 0) is 72.8 Å². The van der Waals surface area contributed by atoms with Gasteiger partial charge in [0.1, 0.15) is 28.0 Å². The van der Waals surface area contributed by atoms with Gasteiger partial charge < -0.3 is 20.8 Å². The highest BCUT2D eigenvalue weighted by Gasteiger charge is 2.18. The Morgan fingerprint density at radius 3 is 1.26 bits per heavy atom. The summed E-state index contributed by atoms with van der Waals surface area (Å²) in [5.41, 5.74) is 2.74. The minimum absolute atomic E-state index is 0.249. The van der Waals surface area contributed by atoms with E-state index in [9.17, 15) is 58.7 Å². The maximum absolute atomic E-state index is 13.1. The van der Waals surface area contributed by atoms with Crippen LogP contribution in [0.2, 0.25) is 0 Å². The van der Waals surface area contributed by atoms with E-state index >= 15 is 0 Å². The third-order valence-electron chi connectivity index (χ3n) is 7.68. The molecule has 0 aliphatic heterocycles. The molecule has 0 radical (unpaired) electrons. The van der Waals surface area contributed by atoms with Gasteiger partial charge in [0.05, 0.1) is 26.1 Å². The number of para-hydroxylation sites is 2. The fourth-order valence-electron chi connectivity index (χ4n) is 4.95. The maximum atomic E-state index is 13.1. The second-order valence-corrected chi connectivity index (χ2v) is 16.0. The lowest BCUT2D eigenvalue weighted by Crippen LogP contribution is -2.48. The first-order valence-corrected chi connectivity index (χ1v) is 20.4. The quantitative estimate of drug-likeness (QED) is 0.0391. The topological polar surface area (TPSA) is 311 Å². The van der Waals surface area contributed by atoms with Crippen LogP contribution >= 0.6 is 0 Å². The molecule has 300 valence electrons. The lowest BCUT2D eigenvalue weighted by molar-refractivity contribution is 0.472. The summed E-state index contributed by atoms with van der Waals surface area (Å²) < 4.78 is 97.2. The second kappa shape index (κ2) is 17.0. The zero-order valence-electron chi connectivity index (χ0n) is 29.3. The van der Waals surface area contributed by atoms with Crippen molar-refractivity contribution in [2.75, 3.05) is 21.5 Å². The van der Waals surface area contributed by atoms with E-state index in [1.807, 2.05) is 60.7 Å². The number of phenols is 2. The molecule has 0 heterocycles. The molecule has 6 rings (SSSR count). The van der Waals surface area contributed by atoms with Crippen molar-refractivity contribution in [3.05, 3.63) is 159 Å². The number of nitrogens with zero attached hydrogens (tertiary/aromatic N) is 2. The van der Waals surface area contributed by atoms with E-state index in [4.69, 9.17) is 0 Å². The van der Waals surface area contributed by atoms with Gasteiger partial charge in [0.25, 0.3) is 41.2 Å². The molecule has 0 fully saturated rings. The molecule has 0 spiro atoms. The third-order valence-corrected chi connectivity index (χ3v) is 10.2. The molecule has 19 nitrogen and oxygen atoms in total. The van der Waals surface area contributed by atoms with E-state index in [2.05, 4.69) is 38.3 Å². The summed E-state index contributed by atoms with van der Waals surface area (Å²) in [5, 5.41) is 31.8. The zero-order chi connectivity index (χ0) is 42.4. The predicted molar refractivity (Wildman–Crippen MR) is 212 cm³/mol. The standard InChI is InChI=1S/C22H16N4O13S3.C14H14N2/c27-17-5-2-11(41(34,35)36)8-15(17)23-25-19-13-4-1-10(40(31,32)33)7-14(13)20(22(30)21(19)29)26-24-16-9-12(42(37,38)39)3-6-18(16)28;1-12(15-13-8-4-2-5-9-13)16-14-10-6-3-7-11-14/h1-9,23-24,27-28H,(H,31,32,33)(H,34,35,36)(H,37,38,39);2-11,15-16H,1H2. The van der Waals surface area contributed by atoms with E-state index in [0.717, 1.165) is 71.8 Å². The van der Waals surface area contributed by atoms with Gasteiger partial charge >= 0.3 is 0 Å². The highest BCUT2D eigenvalue weighted by Crippen LogP contribution is 2.27. The van der Waals surface area contributed by atoms with Crippen molar-refractivity contribution in [3.63, 3.8) is 0 Å². The summed E-state index contributed by atoms with van der Waals surface area (Å²) in [4.78, 5) is 24.0. The number of aromatic hydroxyl groups is 2. The monoisotopic (exact) mass is 850 g/mol. The van der Waals surface area contributed by atoms with E-state index in [0.29, 0.717) is 0 Å². The van der Waals surface area contributed by atoms with Crippen LogP contribution in [0.4, 0.5) is 22.7 Å². The molecule has 0 aliphatic carbocycles. The fourth-order valence-corrected chi connectivity index (χ4v) is 6.47. The Balaban J connectivity index is 0.000000332. The van der Waals surface area contributed by atoms with Crippen molar-refractivity contribution in [1.29, 1.82) is 0 Å². The molecule has 0 amide bonds. The van der Waals surface area contributed by atoms with Gasteiger partial charge in [-0.3, -0.25) is 34.1 Å². The number of hydrogen-bond donors (Lipinski definition) is 9. The van der Waals surface area contributed by atoms with Crippen LogP contribution in [0.15, 0.2) is 162 Å². The van der Waals surface area contributed by atoms with Gasteiger partial charge in [-0.15, -0.1) is 0 Å². The normalized spacial score (nSPS) is 12.3.